The van der Waals surface area contributed by atoms with Crippen LogP contribution >= 0.6 is 0 Å². The number of carboxylic acid groups (broad SMARTS) is 1. The van der Waals surface area contributed by atoms with Gasteiger partial charge in [0.1, 0.15) is 5.54 Å². The Bertz CT molecular complexity index is 354. The molecule has 0 unspecified atom stereocenters. The van der Waals surface area contributed by atoms with Gasteiger partial charge in [-0.25, -0.2) is 4.79 Å². The monoisotopic (exact) mass is 270 g/mol. The average molecular weight is 270 g/mol. The highest BCUT2D eigenvalue weighted by atomic mass is 16.5. The molecule has 108 valence electrons. The normalized spacial score (nSPS) is 24.3. The molecule has 3 N–H and O–H groups in total. The summed E-state index contributed by atoms with van der Waals surface area (Å²) >= 11 is 0. The molecule has 0 aromatic heterocycles. The molecule has 6 heteroatoms. The first-order valence-corrected chi connectivity index (χ1v) is 6.80. The van der Waals surface area contributed by atoms with Gasteiger partial charge in [-0.05, 0) is 45.2 Å². The Morgan fingerprint density at radius 1 is 1.26 bits per heavy atom. The van der Waals surface area contributed by atoms with Crippen LogP contribution in [-0.2, 0) is 14.3 Å². The van der Waals surface area contributed by atoms with E-state index in [-0.39, 0.29) is 5.91 Å². The number of ether oxygens (including phenoxy) is 1. The van der Waals surface area contributed by atoms with Crippen molar-refractivity contribution in [1.82, 2.24) is 10.6 Å². The van der Waals surface area contributed by atoms with Gasteiger partial charge in [0.05, 0.1) is 12.0 Å². The maximum atomic E-state index is 12.5. The fourth-order valence-electron chi connectivity index (χ4n) is 2.89. The van der Waals surface area contributed by atoms with Gasteiger partial charge in [-0.15, -0.1) is 0 Å². The molecule has 2 aliphatic rings. The third-order valence-corrected chi connectivity index (χ3v) is 4.43. The SMILES string of the molecule is COCC1(C(=O)NC2(C(=O)O)CCC2)CCNCC1. The van der Waals surface area contributed by atoms with Gasteiger partial charge in [0, 0.05) is 7.11 Å². The maximum absolute atomic E-state index is 12.5. The van der Waals surface area contributed by atoms with Crippen LogP contribution in [0.2, 0.25) is 0 Å². The minimum Gasteiger partial charge on any atom is -0.480 e. The van der Waals surface area contributed by atoms with Gasteiger partial charge in [0.15, 0.2) is 0 Å². The van der Waals surface area contributed by atoms with Crippen molar-refractivity contribution < 1.29 is 19.4 Å². The Kier molecular flexibility index (Phi) is 4.10. The Balaban J connectivity index is 2.09. The van der Waals surface area contributed by atoms with Crippen molar-refractivity contribution in [2.75, 3.05) is 26.8 Å². The zero-order valence-electron chi connectivity index (χ0n) is 11.3. The van der Waals surface area contributed by atoms with Crippen LogP contribution < -0.4 is 10.6 Å². The Hall–Kier alpha value is -1.14. The Labute approximate surface area is 112 Å². The van der Waals surface area contributed by atoms with Gasteiger partial charge in [-0.1, -0.05) is 0 Å². The summed E-state index contributed by atoms with van der Waals surface area (Å²) < 4.78 is 5.20. The van der Waals surface area contributed by atoms with E-state index in [2.05, 4.69) is 10.6 Å². The van der Waals surface area contributed by atoms with Crippen LogP contribution in [0.5, 0.6) is 0 Å². The van der Waals surface area contributed by atoms with Crippen molar-refractivity contribution in [3.8, 4) is 0 Å². The molecule has 0 atom stereocenters. The number of carboxylic acids is 1. The smallest absolute Gasteiger partial charge is 0.329 e. The van der Waals surface area contributed by atoms with E-state index in [4.69, 9.17) is 4.74 Å². The molecule has 1 aliphatic carbocycles. The molecule has 0 aromatic carbocycles. The van der Waals surface area contributed by atoms with E-state index in [0.717, 1.165) is 19.5 Å². The molecule has 0 aromatic rings. The molecule has 19 heavy (non-hydrogen) atoms. The van der Waals surface area contributed by atoms with Crippen molar-refractivity contribution in [3.05, 3.63) is 0 Å². The molecule has 2 fully saturated rings. The van der Waals surface area contributed by atoms with Crippen LogP contribution in [0.4, 0.5) is 0 Å². The van der Waals surface area contributed by atoms with Crippen LogP contribution in [0.3, 0.4) is 0 Å². The fourth-order valence-corrected chi connectivity index (χ4v) is 2.89. The molecule has 1 saturated heterocycles. The fraction of sp³-hybridized carbons (Fsp3) is 0.846. The lowest BCUT2D eigenvalue weighted by Gasteiger charge is -2.43. The van der Waals surface area contributed by atoms with E-state index in [1.165, 1.54) is 0 Å². The minimum absolute atomic E-state index is 0.169. The lowest BCUT2D eigenvalue weighted by atomic mass is 9.73. The molecule has 6 nitrogen and oxygen atoms in total. The quantitative estimate of drug-likeness (QED) is 0.661. The highest BCUT2D eigenvalue weighted by Crippen LogP contribution is 2.36. The molecular formula is C13H22N2O4. The topological polar surface area (TPSA) is 87.7 Å². The van der Waals surface area contributed by atoms with Crippen molar-refractivity contribution in [2.24, 2.45) is 5.41 Å². The number of methoxy groups -OCH3 is 1. The maximum Gasteiger partial charge on any atom is 0.329 e. The lowest BCUT2D eigenvalue weighted by molar-refractivity contribution is -0.155. The highest BCUT2D eigenvalue weighted by Gasteiger charge is 2.49. The van der Waals surface area contributed by atoms with Crippen LogP contribution in [0.15, 0.2) is 0 Å². The summed E-state index contributed by atoms with van der Waals surface area (Å²) in [6, 6.07) is 0. The number of carbonyl (C=O) groups excluding carboxylic acids is 1. The first-order valence-electron chi connectivity index (χ1n) is 6.80. The molecule has 0 radical (unpaired) electrons. The third-order valence-electron chi connectivity index (χ3n) is 4.43. The molecule has 1 amide bonds. The molecular weight excluding hydrogens is 248 g/mol. The van der Waals surface area contributed by atoms with E-state index >= 15 is 0 Å². The zero-order valence-corrected chi connectivity index (χ0v) is 11.3. The number of amides is 1. The summed E-state index contributed by atoms with van der Waals surface area (Å²) in [4.78, 5) is 23.9. The summed E-state index contributed by atoms with van der Waals surface area (Å²) in [5, 5.41) is 15.3. The van der Waals surface area contributed by atoms with Gasteiger partial charge < -0.3 is 20.5 Å². The van der Waals surface area contributed by atoms with Crippen molar-refractivity contribution >= 4 is 11.9 Å². The number of aliphatic carboxylic acids is 1. The molecule has 1 saturated carbocycles. The Morgan fingerprint density at radius 2 is 1.89 bits per heavy atom. The Morgan fingerprint density at radius 3 is 2.32 bits per heavy atom. The van der Waals surface area contributed by atoms with E-state index < -0.39 is 16.9 Å². The standard InChI is InChI=1S/C13H22N2O4/c1-19-9-12(5-7-14-8-6-12)10(16)15-13(11(17)18)3-2-4-13/h14H,2-9H2,1H3,(H,15,16)(H,17,18). The van der Waals surface area contributed by atoms with Crippen LogP contribution in [0.1, 0.15) is 32.1 Å². The minimum atomic E-state index is -1.04. The lowest BCUT2D eigenvalue weighted by Crippen LogP contribution is -2.63. The summed E-state index contributed by atoms with van der Waals surface area (Å²) in [5.74, 6) is -1.09. The first-order chi connectivity index (χ1) is 9.05. The van der Waals surface area contributed by atoms with Gasteiger partial charge in [0.25, 0.3) is 0 Å². The summed E-state index contributed by atoms with van der Waals surface area (Å²) in [6.07, 6.45) is 3.26. The van der Waals surface area contributed by atoms with Gasteiger partial charge in [-0.2, -0.15) is 0 Å². The second-order valence-electron chi connectivity index (χ2n) is 5.66. The molecule has 1 heterocycles. The number of rotatable bonds is 5. The summed E-state index contributed by atoms with van der Waals surface area (Å²) in [6.45, 7) is 1.86. The van der Waals surface area contributed by atoms with Gasteiger partial charge in [0.2, 0.25) is 5.91 Å². The third kappa shape index (κ3) is 2.60. The molecule has 2 rings (SSSR count). The van der Waals surface area contributed by atoms with E-state index in [0.29, 0.717) is 32.3 Å². The summed E-state index contributed by atoms with van der Waals surface area (Å²) in [5.41, 5.74) is -1.62. The zero-order chi connectivity index (χ0) is 13.9. The average Bonchev–Trinajstić information content (AvgIpc) is 2.34. The number of carbonyl (C=O) groups is 2. The largest absolute Gasteiger partial charge is 0.480 e. The predicted molar refractivity (Wildman–Crippen MR) is 68.8 cm³/mol. The summed E-state index contributed by atoms with van der Waals surface area (Å²) in [7, 11) is 1.58. The van der Waals surface area contributed by atoms with Crippen LogP contribution in [-0.4, -0.2) is 49.3 Å². The van der Waals surface area contributed by atoms with Crippen LogP contribution in [0, 0.1) is 5.41 Å². The molecule has 0 spiro atoms. The second-order valence-corrected chi connectivity index (χ2v) is 5.66. The van der Waals surface area contributed by atoms with Crippen molar-refractivity contribution in [2.45, 2.75) is 37.6 Å². The highest BCUT2D eigenvalue weighted by molar-refractivity contribution is 5.90. The van der Waals surface area contributed by atoms with Gasteiger partial charge >= 0.3 is 5.97 Å². The van der Waals surface area contributed by atoms with Gasteiger partial charge in [-0.3, -0.25) is 4.79 Å². The predicted octanol–water partition coefficient (Wildman–Crippen LogP) is 0.126. The van der Waals surface area contributed by atoms with E-state index in [9.17, 15) is 14.7 Å². The van der Waals surface area contributed by atoms with Crippen molar-refractivity contribution in [3.63, 3.8) is 0 Å². The van der Waals surface area contributed by atoms with E-state index in [1.807, 2.05) is 0 Å². The second kappa shape index (κ2) is 5.46. The molecule has 1 aliphatic heterocycles. The van der Waals surface area contributed by atoms with Crippen LogP contribution in [0.25, 0.3) is 0 Å². The first kappa shape index (κ1) is 14.3. The van der Waals surface area contributed by atoms with Crippen molar-refractivity contribution in [1.29, 1.82) is 0 Å². The number of piperidine rings is 1. The number of hydrogen-bond acceptors (Lipinski definition) is 4. The molecule has 0 bridgehead atoms. The number of nitrogens with one attached hydrogen (secondary N) is 2. The van der Waals surface area contributed by atoms with E-state index in [1.54, 1.807) is 7.11 Å². The number of hydrogen-bond donors (Lipinski definition) is 3.